The Labute approximate surface area is 224 Å². The number of aliphatic hydroxyl groups excluding tert-OH is 1. The number of cyclic esters (lactones) is 1. The minimum Gasteiger partial charge on any atom is -0.460 e. The first-order valence-electron chi connectivity index (χ1n) is 13.8. The molecule has 2 N–H and O–H groups in total. The zero-order valence-corrected chi connectivity index (χ0v) is 23.0. The number of amides is 3. The third kappa shape index (κ3) is 4.77. The van der Waals surface area contributed by atoms with E-state index in [4.69, 9.17) is 9.47 Å². The molecule has 0 unspecified atom stereocenters. The first-order valence-corrected chi connectivity index (χ1v) is 13.8. The molecule has 0 aliphatic carbocycles. The van der Waals surface area contributed by atoms with E-state index in [1.165, 1.54) is 4.90 Å². The van der Waals surface area contributed by atoms with E-state index in [-0.39, 0.29) is 49.3 Å². The Morgan fingerprint density at radius 3 is 2.55 bits per heavy atom. The van der Waals surface area contributed by atoms with Crippen LogP contribution in [0, 0.1) is 17.8 Å². The van der Waals surface area contributed by atoms with Gasteiger partial charge in [0.25, 0.3) is 0 Å². The molecule has 2 fully saturated rings. The molecular weight excluding hydrogens is 490 g/mol. The highest BCUT2D eigenvalue weighted by atomic mass is 16.6. The topological polar surface area (TPSA) is 125 Å². The van der Waals surface area contributed by atoms with Crippen molar-refractivity contribution in [2.45, 2.75) is 89.8 Å². The molecule has 0 saturated carbocycles. The van der Waals surface area contributed by atoms with Crippen molar-refractivity contribution in [3.05, 3.63) is 24.3 Å². The summed E-state index contributed by atoms with van der Waals surface area (Å²) in [6, 6.07) is -1.77. The van der Waals surface area contributed by atoms with Crippen molar-refractivity contribution in [3.8, 4) is 0 Å². The lowest BCUT2D eigenvalue weighted by Crippen LogP contribution is -2.60. The number of rotatable bonds is 5. The van der Waals surface area contributed by atoms with E-state index in [1.54, 1.807) is 30.1 Å². The lowest BCUT2D eigenvalue weighted by atomic mass is 9.78. The molecule has 38 heavy (non-hydrogen) atoms. The normalized spacial score (nSPS) is 36.3. The molecule has 3 amide bonds. The second kappa shape index (κ2) is 11.2. The van der Waals surface area contributed by atoms with Crippen molar-refractivity contribution in [2.75, 3.05) is 19.7 Å². The standard InChI is InChI=1S/C28H41N3O7/c1-6-17(4)19(15-32)31-24-26(35)30(16(2)3)13-9-12-28(24)23(25(31)34)22-20(38-28)10-7-8-11-21(33)29-14-18(5)37-27(22)36/h7,9-10,12,16-20,22-24,32H,6,8,11,13-15H2,1-5H3,(H,29,33)/b10-7-/t17-,18-,19-,20-,22+,23+,24-,28+/m0/s1. The number of hydrogen-bond acceptors (Lipinski definition) is 7. The van der Waals surface area contributed by atoms with Crippen LogP contribution in [-0.4, -0.2) is 94.2 Å². The molecule has 8 atom stereocenters. The Morgan fingerprint density at radius 2 is 1.89 bits per heavy atom. The van der Waals surface area contributed by atoms with E-state index in [0.29, 0.717) is 19.4 Å². The Kier molecular flexibility index (Phi) is 8.32. The number of hydrogen-bond donors (Lipinski definition) is 2. The Bertz CT molecular complexity index is 1010. The average Bonchev–Trinajstić information content (AvgIpc) is 3.25. The zero-order valence-electron chi connectivity index (χ0n) is 23.0. The lowest BCUT2D eigenvalue weighted by Gasteiger charge is -2.41. The van der Waals surface area contributed by atoms with Crippen LogP contribution in [0.2, 0.25) is 0 Å². The van der Waals surface area contributed by atoms with Gasteiger partial charge in [0.2, 0.25) is 17.7 Å². The van der Waals surface area contributed by atoms with Gasteiger partial charge in [-0.15, -0.1) is 0 Å². The van der Waals surface area contributed by atoms with E-state index in [2.05, 4.69) is 5.32 Å². The molecule has 4 aliphatic rings. The summed E-state index contributed by atoms with van der Waals surface area (Å²) in [4.78, 5) is 57.4. The van der Waals surface area contributed by atoms with Crippen LogP contribution in [0.25, 0.3) is 0 Å². The van der Waals surface area contributed by atoms with Crippen molar-refractivity contribution >= 4 is 23.7 Å². The Hall–Kier alpha value is -2.72. The van der Waals surface area contributed by atoms with Gasteiger partial charge in [-0.2, -0.15) is 0 Å². The molecule has 0 aromatic carbocycles. The van der Waals surface area contributed by atoms with Gasteiger partial charge in [-0.05, 0) is 33.1 Å². The predicted molar refractivity (Wildman–Crippen MR) is 138 cm³/mol. The summed E-state index contributed by atoms with van der Waals surface area (Å²) < 4.78 is 12.4. The van der Waals surface area contributed by atoms with E-state index >= 15 is 0 Å². The number of ether oxygens (including phenoxy) is 2. The van der Waals surface area contributed by atoms with E-state index in [0.717, 1.165) is 0 Å². The van der Waals surface area contributed by atoms with Gasteiger partial charge in [0, 0.05) is 19.0 Å². The number of nitrogens with one attached hydrogen (secondary N) is 1. The molecule has 4 rings (SSSR count). The maximum atomic E-state index is 14.3. The molecule has 10 heteroatoms. The Balaban J connectivity index is 1.85. The SMILES string of the molecule is CC[C@H](C)[C@H](CO)N1C(=O)[C@H]2[C@@H]3C(=O)O[C@@H](C)CNC(=O)CC/C=C\[C@@H]3O[C@]23C=CCN(C(C)C)C(=O)[C@H]13. The second-order valence-electron chi connectivity index (χ2n) is 11.2. The van der Waals surface area contributed by atoms with Crippen molar-refractivity contribution in [1.82, 2.24) is 15.1 Å². The van der Waals surface area contributed by atoms with Gasteiger partial charge in [-0.1, -0.05) is 44.6 Å². The van der Waals surface area contributed by atoms with Crippen molar-refractivity contribution in [1.29, 1.82) is 0 Å². The highest BCUT2D eigenvalue weighted by Gasteiger charge is 2.72. The van der Waals surface area contributed by atoms with Crippen LogP contribution in [0.1, 0.15) is 53.9 Å². The molecular formula is C28H41N3O7. The third-order valence-electron chi connectivity index (χ3n) is 8.47. The smallest absolute Gasteiger partial charge is 0.313 e. The van der Waals surface area contributed by atoms with Gasteiger partial charge >= 0.3 is 5.97 Å². The summed E-state index contributed by atoms with van der Waals surface area (Å²) in [5.74, 6) is -3.46. The number of aliphatic hydroxyl groups is 1. The highest BCUT2D eigenvalue weighted by Crippen LogP contribution is 2.54. The molecule has 2 saturated heterocycles. The van der Waals surface area contributed by atoms with E-state index in [9.17, 15) is 24.3 Å². The molecule has 210 valence electrons. The predicted octanol–water partition coefficient (Wildman–Crippen LogP) is 1.18. The summed E-state index contributed by atoms with van der Waals surface area (Å²) >= 11 is 0. The fraction of sp³-hybridized carbons (Fsp3) is 0.714. The first-order chi connectivity index (χ1) is 18.1. The van der Waals surface area contributed by atoms with E-state index in [1.807, 2.05) is 33.8 Å². The van der Waals surface area contributed by atoms with Crippen LogP contribution in [0.3, 0.4) is 0 Å². The van der Waals surface area contributed by atoms with Crippen LogP contribution in [-0.2, 0) is 28.7 Å². The third-order valence-corrected chi connectivity index (χ3v) is 8.47. The zero-order chi connectivity index (χ0) is 27.8. The monoisotopic (exact) mass is 531 g/mol. The Morgan fingerprint density at radius 1 is 1.16 bits per heavy atom. The molecule has 4 heterocycles. The summed E-state index contributed by atoms with van der Waals surface area (Å²) in [6.45, 7) is 9.63. The summed E-state index contributed by atoms with van der Waals surface area (Å²) in [5, 5.41) is 13.2. The summed E-state index contributed by atoms with van der Waals surface area (Å²) in [7, 11) is 0. The van der Waals surface area contributed by atoms with Gasteiger partial charge in [0.15, 0.2) is 0 Å². The number of likely N-dealkylation sites (tertiary alicyclic amines) is 1. The minimum atomic E-state index is -1.39. The van der Waals surface area contributed by atoms with Crippen molar-refractivity contribution in [3.63, 3.8) is 0 Å². The molecule has 4 aliphatic heterocycles. The van der Waals surface area contributed by atoms with Gasteiger partial charge < -0.3 is 29.7 Å². The summed E-state index contributed by atoms with van der Waals surface area (Å²) in [5.41, 5.74) is -1.39. The quantitative estimate of drug-likeness (QED) is 0.403. The highest BCUT2D eigenvalue weighted by molar-refractivity contribution is 5.99. The largest absolute Gasteiger partial charge is 0.460 e. The molecule has 10 nitrogen and oxygen atoms in total. The van der Waals surface area contributed by atoms with Crippen LogP contribution >= 0.6 is 0 Å². The average molecular weight is 532 g/mol. The number of carbonyl (C=O) groups excluding carboxylic acids is 4. The van der Waals surface area contributed by atoms with Crippen molar-refractivity contribution in [2.24, 2.45) is 17.8 Å². The minimum absolute atomic E-state index is 0.0880. The number of allylic oxidation sites excluding steroid dienone is 1. The van der Waals surface area contributed by atoms with Gasteiger partial charge in [0.05, 0.1) is 31.2 Å². The molecule has 0 aromatic rings. The van der Waals surface area contributed by atoms with Crippen LogP contribution < -0.4 is 5.32 Å². The fourth-order valence-corrected chi connectivity index (χ4v) is 6.26. The first kappa shape index (κ1) is 28.3. The number of nitrogens with zero attached hydrogens (tertiary/aromatic N) is 2. The lowest BCUT2D eigenvalue weighted by molar-refractivity contribution is -0.160. The maximum absolute atomic E-state index is 14.3. The molecule has 0 bridgehead atoms. The molecule has 0 aromatic heterocycles. The van der Waals surface area contributed by atoms with Gasteiger partial charge in [-0.3, -0.25) is 19.2 Å². The second-order valence-corrected chi connectivity index (χ2v) is 11.2. The summed E-state index contributed by atoms with van der Waals surface area (Å²) in [6.07, 6.45) is 7.11. The van der Waals surface area contributed by atoms with Crippen LogP contribution in [0.15, 0.2) is 24.3 Å². The molecule has 1 spiro atoms. The van der Waals surface area contributed by atoms with Crippen LogP contribution in [0.4, 0.5) is 0 Å². The molecule has 0 radical (unpaired) electrons. The maximum Gasteiger partial charge on any atom is 0.313 e. The number of fused-ring (bicyclic) bond motifs is 2. The number of esters is 1. The van der Waals surface area contributed by atoms with Gasteiger partial charge in [0.1, 0.15) is 23.7 Å². The number of carbonyl (C=O) groups is 4. The van der Waals surface area contributed by atoms with Gasteiger partial charge in [-0.25, -0.2) is 0 Å². The fourth-order valence-electron chi connectivity index (χ4n) is 6.26. The van der Waals surface area contributed by atoms with E-state index < -0.39 is 47.7 Å². The van der Waals surface area contributed by atoms with Crippen LogP contribution in [0.5, 0.6) is 0 Å². The van der Waals surface area contributed by atoms with Crippen molar-refractivity contribution < 1.29 is 33.8 Å².